The Hall–Kier alpha value is -1.03. The first-order valence-corrected chi connectivity index (χ1v) is 0.913. The molecular weight excluding hydrogens is 267 g/mol. The van der Waals surface area contributed by atoms with Crippen LogP contribution in [0.25, 0.3) is 12.3 Å². The molecule has 0 heterocycles. The standard InChI is InChI=1S/2HNO2.NO.2H2N.H2O.Ru/c2*2-1-3;1-2;;;;/h2*(H,2,3);;3*1H2;/q;;+1;2*-1;;+2/p-2. The molecule has 0 aliphatic carbocycles. The average Bonchev–Trinajstić information content (AvgIpc) is 1.75. The molecule has 0 amide bonds. The zero-order chi connectivity index (χ0) is 7.41. The molecule has 11 nitrogen and oxygen atoms in total. The van der Waals surface area contributed by atoms with E-state index in [0.717, 1.165) is 10.7 Å². The zero-order valence-corrected chi connectivity index (χ0v) is 7.13. The number of rotatable bonds is 0. The Morgan fingerprint density at radius 1 is 1.00 bits per heavy atom. The first-order valence-electron chi connectivity index (χ1n) is 0.913. The van der Waals surface area contributed by atoms with E-state index >= 15 is 0 Å². The van der Waals surface area contributed by atoms with Crippen LogP contribution in [0.4, 0.5) is 0 Å². The van der Waals surface area contributed by atoms with Gasteiger partial charge in [-0.15, -0.1) is 10.7 Å². The van der Waals surface area contributed by atoms with E-state index in [1.165, 1.54) is 0 Å². The van der Waals surface area contributed by atoms with E-state index in [9.17, 15) is 0 Å². The Morgan fingerprint density at radius 2 is 1.00 bits per heavy atom. The van der Waals surface area contributed by atoms with Gasteiger partial charge in [-0.1, -0.05) is 0 Å². The number of nitrogens with zero attached hydrogens (tertiary/aromatic N) is 3. The number of nitrogens with two attached hydrogens (primary N) is 2. The maximum absolute atomic E-state index is 8.00. The summed E-state index contributed by atoms with van der Waals surface area (Å²) >= 11 is 0. The molecule has 0 radical (unpaired) electrons. The monoisotopic (exact) mass is 274 g/mol. The van der Waals surface area contributed by atoms with Gasteiger partial charge >= 0.3 is 29.7 Å². The fraction of sp³-hybridized carbons (Fsp3) is 0. The minimum Gasteiger partial charge on any atom is -0.693 e. The van der Waals surface area contributed by atoms with Gasteiger partial charge in [-0.05, 0) is 0 Å². The van der Waals surface area contributed by atoms with Crippen molar-refractivity contribution < 1.29 is 29.7 Å². The SMILES string of the molecule is N#[O+].O.O=N[O-].O=N[O-].[NH2-].[NH2-].[Ru+2]. The fourth-order valence-corrected chi connectivity index (χ4v) is 0. The molecule has 0 saturated heterocycles. The molecule has 0 unspecified atom stereocenters. The quantitative estimate of drug-likeness (QED) is 0.270. The molecule has 0 bridgehead atoms. The summed E-state index contributed by atoms with van der Waals surface area (Å²) in [4.78, 5) is 16.0. The predicted octanol–water partition coefficient (Wildman–Crippen LogP) is 1.00. The van der Waals surface area contributed by atoms with Crippen LogP contribution in [0, 0.1) is 25.7 Å². The van der Waals surface area contributed by atoms with Crippen LogP contribution in [0.1, 0.15) is 0 Å². The van der Waals surface area contributed by atoms with Gasteiger partial charge in [0.05, 0.1) is 0 Å². The van der Waals surface area contributed by atoms with Crippen LogP contribution in [-0.4, -0.2) is 5.48 Å². The van der Waals surface area contributed by atoms with E-state index in [-0.39, 0.29) is 37.3 Å². The summed E-state index contributed by atoms with van der Waals surface area (Å²) in [5, 5.41) is 18.0. The van der Waals surface area contributed by atoms with Crippen molar-refractivity contribution >= 4 is 0 Å². The van der Waals surface area contributed by atoms with Gasteiger partial charge in [-0.3, -0.25) is 0 Å². The molecule has 12 heteroatoms. The van der Waals surface area contributed by atoms with Crippen molar-refractivity contribution in [1.82, 2.24) is 0 Å². The maximum Gasteiger partial charge on any atom is 2.00 e. The summed E-state index contributed by atoms with van der Waals surface area (Å²) in [6.07, 6.45) is 0. The Labute approximate surface area is 79.1 Å². The zero-order valence-electron chi connectivity index (χ0n) is 5.39. The second-order valence-electron chi connectivity index (χ2n) is 0.149. The normalized spacial score (nSPS) is 2.17. The van der Waals surface area contributed by atoms with Crippen molar-refractivity contribution in [3.8, 4) is 0 Å². The second-order valence-corrected chi connectivity index (χ2v) is 0.149. The van der Waals surface area contributed by atoms with Crippen LogP contribution in [-0.2, 0) is 24.3 Å². The molecule has 76 valence electrons. The van der Waals surface area contributed by atoms with Gasteiger partial charge in [0.15, 0.2) is 0 Å². The minimum atomic E-state index is 0. The molecule has 0 spiro atoms. The summed E-state index contributed by atoms with van der Waals surface area (Å²) < 4.78 is 7.25. The second kappa shape index (κ2) is 848. The van der Waals surface area contributed by atoms with E-state index in [1.54, 1.807) is 0 Å². The molecule has 0 aliphatic heterocycles. The third-order valence-electron chi connectivity index (χ3n) is 0. The summed E-state index contributed by atoms with van der Waals surface area (Å²) in [5.41, 5.74) is 5.75. The Kier molecular flexibility index (Phi) is 4880. The fourth-order valence-electron chi connectivity index (χ4n) is 0. The molecule has 0 rings (SSSR count). The minimum absolute atomic E-state index is 0. The molecule has 0 fully saturated rings. The molecule has 0 atom stereocenters. The summed E-state index contributed by atoms with van der Waals surface area (Å²) in [6, 6.07) is 0. The van der Waals surface area contributed by atoms with Gasteiger partial charge < -0.3 is 38.0 Å². The topological polar surface area (TPSA) is 247 Å². The molecule has 0 aromatic heterocycles. The van der Waals surface area contributed by atoms with Gasteiger partial charge in [0, 0.05) is 0 Å². The predicted molar refractivity (Wildman–Crippen MR) is 34.9 cm³/mol. The summed E-state index contributed by atoms with van der Waals surface area (Å²) in [7, 11) is 0. The van der Waals surface area contributed by atoms with Crippen molar-refractivity contribution in [1.29, 1.82) is 5.46 Å². The first-order chi connectivity index (χ1) is 3.83. The summed E-state index contributed by atoms with van der Waals surface area (Å²) in [6.45, 7) is 0. The van der Waals surface area contributed by atoms with E-state index in [0.29, 0.717) is 0 Å². The number of hydrogen-bond acceptors (Lipinski definition) is 7. The molecule has 0 aromatic rings. The molecule has 0 saturated carbocycles. The largest absolute Gasteiger partial charge is 2.00 e. The van der Waals surface area contributed by atoms with Crippen LogP contribution in [0.3, 0.4) is 0 Å². The van der Waals surface area contributed by atoms with E-state index in [1.807, 2.05) is 0 Å². The van der Waals surface area contributed by atoms with Crippen LogP contribution in [0.2, 0.25) is 0 Å². The van der Waals surface area contributed by atoms with E-state index in [4.69, 9.17) is 30.5 Å². The first kappa shape index (κ1) is 69.1. The third kappa shape index (κ3) is 541. The molecule has 6 N–H and O–H groups in total. The molecule has 0 aliphatic rings. The van der Waals surface area contributed by atoms with E-state index in [2.05, 4.69) is 0 Å². The average molecular weight is 273 g/mol. The van der Waals surface area contributed by atoms with Crippen molar-refractivity contribution in [3.63, 3.8) is 0 Å². The van der Waals surface area contributed by atoms with Gasteiger partial charge in [0.1, 0.15) is 0 Å². The summed E-state index contributed by atoms with van der Waals surface area (Å²) in [5.74, 6) is 0. The van der Waals surface area contributed by atoms with Gasteiger partial charge in [0.2, 0.25) is 0 Å². The molecule has 12 heavy (non-hydrogen) atoms. The molecular formula is H6N5O6Ru-. The Bertz CT molecular complexity index is 58.2. The van der Waals surface area contributed by atoms with Crippen LogP contribution in [0.15, 0.2) is 10.7 Å². The van der Waals surface area contributed by atoms with Crippen molar-refractivity contribution in [2.45, 2.75) is 0 Å². The van der Waals surface area contributed by atoms with Crippen molar-refractivity contribution in [2.24, 2.45) is 10.7 Å². The third-order valence-corrected chi connectivity index (χ3v) is 0. The van der Waals surface area contributed by atoms with Crippen LogP contribution in [0.5, 0.6) is 0 Å². The van der Waals surface area contributed by atoms with Crippen LogP contribution >= 0.6 is 0 Å². The van der Waals surface area contributed by atoms with Gasteiger partial charge in [-0.2, -0.15) is 0 Å². The van der Waals surface area contributed by atoms with Crippen LogP contribution < -0.4 is 0 Å². The molecule has 0 aromatic carbocycles. The van der Waals surface area contributed by atoms with Crippen molar-refractivity contribution in [2.75, 3.05) is 0 Å². The number of hydrogen-bond donors (Lipinski definition) is 0. The maximum atomic E-state index is 8.00. The Morgan fingerprint density at radius 3 is 1.00 bits per heavy atom. The smallest absolute Gasteiger partial charge is 0.693 e. The van der Waals surface area contributed by atoms with Gasteiger partial charge in [-0.25, -0.2) is 0 Å². The van der Waals surface area contributed by atoms with Gasteiger partial charge in [0.25, 0.3) is 0 Å². The van der Waals surface area contributed by atoms with E-state index < -0.39 is 0 Å². The van der Waals surface area contributed by atoms with Crippen molar-refractivity contribution in [3.05, 3.63) is 32.5 Å². The Balaban J connectivity index is -0.00000000544.